The molecule has 3 aromatic carbocycles. The van der Waals surface area contributed by atoms with Crippen LogP contribution in [0.1, 0.15) is 138 Å². The SMILES string of the molecule is CC[C@H](C)[C@H](NC(=O)[C@H](C)NC)C(=O)N1C[C@@H](CC(=O)c2cc(N)cc(C(=O)C[C@H]3C[C@@H](C(=O)N[C@H](C)c4ccccc4)N(C(=O)[C@@H](NC(=O)[C@H](C)NC)[C@@H](C)CC)C3)c2)C[C@H]1C(=O)N[C@H](C)c1ccccc1. The van der Waals surface area contributed by atoms with Crippen molar-refractivity contribution in [3.63, 3.8) is 0 Å². The third kappa shape index (κ3) is 14.8. The van der Waals surface area contributed by atoms with Gasteiger partial charge in [-0.2, -0.15) is 0 Å². The topological polar surface area (TPSA) is 241 Å². The van der Waals surface area contributed by atoms with Gasteiger partial charge in [0.15, 0.2) is 11.6 Å². The summed E-state index contributed by atoms with van der Waals surface area (Å²) in [7, 11) is 3.30. The molecule has 2 aliphatic heterocycles. The molecule has 12 atom stereocenters. The van der Waals surface area contributed by atoms with Crippen LogP contribution in [0.5, 0.6) is 0 Å². The van der Waals surface area contributed by atoms with Crippen LogP contribution in [0.3, 0.4) is 0 Å². The molecule has 0 saturated carbocycles. The third-order valence-electron chi connectivity index (χ3n) is 15.0. The minimum atomic E-state index is -0.932. The highest BCUT2D eigenvalue weighted by Gasteiger charge is 2.46. The molecule has 2 aliphatic rings. The Bertz CT molecular complexity index is 2260. The average molecular weight is 1010 g/mol. The number of likely N-dealkylation sites (tertiary alicyclic amines) is 2. The fourth-order valence-electron chi connectivity index (χ4n) is 9.67. The van der Waals surface area contributed by atoms with Crippen molar-refractivity contribution in [3.8, 4) is 0 Å². The van der Waals surface area contributed by atoms with Gasteiger partial charge < -0.3 is 47.4 Å². The number of hydrogen-bond acceptors (Lipinski definition) is 11. The zero-order valence-electron chi connectivity index (χ0n) is 44.3. The fourth-order valence-corrected chi connectivity index (χ4v) is 9.67. The van der Waals surface area contributed by atoms with Crippen LogP contribution < -0.4 is 37.6 Å². The summed E-state index contributed by atoms with van der Waals surface area (Å²) in [6, 6.07) is 17.8. The Morgan fingerprint density at radius 3 is 1.23 bits per heavy atom. The van der Waals surface area contributed by atoms with Crippen molar-refractivity contribution in [1.29, 1.82) is 0 Å². The molecule has 73 heavy (non-hydrogen) atoms. The number of carbonyl (C=O) groups excluding carboxylic acids is 8. The number of anilines is 1. The summed E-state index contributed by atoms with van der Waals surface area (Å²) >= 11 is 0. The van der Waals surface area contributed by atoms with Gasteiger partial charge in [0, 0.05) is 42.7 Å². The Labute approximate surface area is 431 Å². The second-order valence-electron chi connectivity index (χ2n) is 20.4. The molecule has 5 rings (SSSR count). The van der Waals surface area contributed by atoms with Gasteiger partial charge in [-0.3, -0.25) is 38.4 Å². The molecule has 0 aliphatic carbocycles. The number of nitrogens with one attached hydrogen (secondary N) is 6. The van der Waals surface area contributed by atoms with Crippen molar-refractivity contribution in [1.82, 2.24) is 41.7 Å². The van der Waals surface area contributed by atoms with Crippen molar-refractivity contribution in [3.05, 3.63) is 101 Å². The molecule has 17 nitrogen and oxygen atoms in total. The van der Waals surface area contributed by atoms with Crippen LogP contribution in [0.4, 0.5) is 5.69 Å². The average Bonchev–Trinajstić information content (AvgIpc) is 4.03. The zero-order chi connectivity index (χ0) is 53.7. The van der Waals surface area contributed by atoms with Gasteiger partial charge in [0.05, 0.1) is 24.2 Å². The lowest BCUT2D eigenvalue weighted by Gasteiger charge is -2.32. The second-order valence-corrected chi connectivity index (χ2v) is 20.4. The predicted molar refractivity (Wildman–Crippen MR) is 282 cm³/mol. The Hall–Kier alpha value is -6.46. The lowest BCUT2D eigenvalue weighted by molar-refractivity contribution is -0.143. The molecule has 17 heteroatoms. The lowest BCUT2D eigenvalue weighted by Crippen LogP contribution is -2.57. The van der Waals surface area contributed by atoms with Crippen molar-refractivity contribution in [2.24, 2.45) is 23.7 Å². The summed E-state index contributed by atoms with van der Waals surface area (Å²) in [6.07, 6.45) is 1.39. The zero-order valence-corrected chi connectivity index (χ0v) is 44.3. The second kappa shape index (κ2) is 26.5. The van der Waals surface area contributed by atoms with Gasteiger partial charge in [-0.05, 0) is 108 Å². The maximum absolute atomic E-state index is 14.6. The van der Waals surface area contributed by atoms with Gasteiger partial charge in [0.1, 0.15) is 24.2 Å². The molecule has 0 unspecified atom stereocenters. The van der Waals surface area contributed by atoms with Crippen LogP contribution >= 0.6 is 0 Å². The quantitative estimate of drug-likeness (QED) is 0.0471. The van der Waals surface area contributed by atoms with Crippen LogP contribution in [0, 0.1) is 23.7 Å². The molecule has 0 radical (unpaired) electrons. The number of amides is 6. The lowest BCUT2D eigenvalue weighted by atomic mass is 9.92. The van der Waals surface area contributed by atoms with Crippen LogP contribution in [-0.4, -0.2) is 120 Å². The van der Waals surface area contributed by atoms with Crippen molar-refractivity contribution >= 4 is 52.7 Å². The Kier molecular flexibility index (Phi) is 20.8. The van der Waals surface area contributed by atoms with Gasteiger partial charge in [-0.15, -0.1) is 0 Å². The largest absolute Gasteiger partial charge is 0.399 e. The molecule has 2 heterocycles. The van der Waals surface area contributed by atoms with Crippen LogP contribution in [0.2, 0.25) is 0 Å². The fraction of sp³-hybridized carbons (Fsp3) is 0.536. The summed E-state index contributed by atoms with van der Waals surface area (Å²) in [6.45, 7) is 14.9. The maximum atomic E-state index is 14.6. The van der Waals surface area contributed by atoms with Gasteiger partial charge in [-0.1, -0.05) is 101 Å². The number of nitrogen functional groups attached to an aromatic ring is 1. The van der Waals surface area contributed by atoms with E-state index in [-0.39, 0.29) is 115 Å². The molecular weight excluding hydrogens is 927 g/mol. The number of likely N-dealkylation sites (N-methyl/N-ethyl adjacent to an activating group) is 2. The van der Waals surface area contributed by atoms with E-state index >= 15 is 0 Å². The molecule has 2 saturated heterocycles. The number of nitrogens with zero attached hydrogens (tertiary/aromatic N) is 2. The van der Waals surface area contributed by atoms with Gasteiger partial charge in [-0.25, -0.2) is 0 Å². The number of Topliss-reactive ketones (excluding diaryl/α,β-unsaturated/α-hetero) is 2. The standard InChI is InChI=1S/C56H79N9O8/c1-11-32(3)49(62-51(68)36(7)58-9)55(72)64-30-38(23-45(64)53(70)60-34(5)40-19-15-13-16-20-40)25-47(66)42-27-43(29-44(57)28-42)48(67)26-39-24-46(54(71)61-35(6)41-21-17-14-18-22-41)65(31-39)56(73)50(33(4)12-2)63-52(69)37(8)59-10/h13-22,27-29,32-39,45-46,49-50,58-59H,11-12,23-26,30-31,57H2,1-10H3,(H,60,70)(H,61,71)(H,62,68)(H,63,69)/t32-,33-,34+,35+,36-,37-,38+,39+,45-,46-,49-,50-/m0/s1. The number of carbonyl (C=O) groups is 8. The van der Waals surface area contributed by atoms with Crippen LogP contribution in [-0.2, 0) is 28.8 Å². The predicted octanol–water partition coefficient (Wildman–Crippen LogP) is 4.88. The first-order chi connectivity index (χ1) is 34.7. The van der Waals surface area contributed by atoms with Crippen LogP contribution in [0.15, 0.2) is 78.9 Å². The first-order valence-electron chi connectivity index (χ1n) is 25.9. The number of benzene rings is 3. The highest BCUT2D eigenvalue weighted by atomic mass is 16.2. The number of ketones is 2. The summed E-state index contributed by atoms with van der Waals surface area (Å²) in [5, 5.41) is 17.8. The highest BCUT2D eigenvalue weighted by Crippen LogP contribution is 2.33. The summed E-state index contributed by atoms with van der Waals surface area (Å²) in [5.41, 5.74) is 8.71. The van der Waals surface area contributed by atoms with E-state index in [2.05, 4.69) is 31.9 Å². The van der Waals surface area contributed by atoms with E-state index in [4.69, 9.17) is 5.73 Å². The Morgan fingerprint density at radius 1 is 0.548 bits per heavy atom. The van der Waals surface area contributed by atoms with E-state index < -0.39 is 59.9 Å². The van der Waals surface area contributed by atoms with E-state index in [9.17, 15) is 38.4 Å². The molecular formula is C56H79N9O8. The highest BCUT2D eigenvalue weighted by molar-refractivity contribution is 6.03. The summed E-state index contributed by atoms with van der Waals surface area (Å²) in [5.74, 6) is -4.40. The molecule has 0 bridgehead atoms. The summed E-state index contributed by atoms with van der Waals surface area (Å²) < 4.78 is 0. The van der Waals surface area contributed by atoms with Crippen molar-refractivity contribution < 1.29 is 38.4 Å². The maximum Gasteiger partial charge on any atom is 0.246 e. The van der Waals surface area contributed by atoms with E-state index in [1.807, 2.05) is 102 Å². The number of nitrogens with two attached hydrogens (primary N) is 1. The van der Waals surface area contributed by atoms with Gasteiger partial charge >= 0.3 is 0 Å². The molecule has 0 aromatic heterocycles. The van der Waals surface area contributed by atoms with Crippen molar-refractivity contribution in [2.45, 2.75) is 142 Å². The van der Waals surface area contributed by atoms with Crippen LogP contribution in [0.25, 0.3) is 0 Å². The smallest absolute Gasteiger partial charge is 0.246 e. The molecule has 3 aromatic rings. The number of rotatable bonds is 24. The van der Waals surface area contributed by atoms with Gasteiger partial charge in [0.25, 0.3) is 0 Å². The van der Waals surface area contributed by atoms with E-state index in [0.717, 1.165) is 11.1 Å². The van der Waals surface area contributed by atoms with Gasteiger partial charge in [0.2, 0.25) is 35.4 Å². The first kappa shape index (κ1) is 57.4. The molecule has 8 N–H and O–H groups in total. The molecule has 6 amide bonds. The molecule has 0 spiro atoms. The Balaban J connectivity index is 1.37. The first-order valence-corrected chi connectivity index (χ1v) is 25.9. The monoisotopic (exact) mass is 1010 g/mol. The summed E-state index contributed by atoms with van der Waals surface area (Å²) in [4.78, 5) is 115. The molecule has 2 fully saturated rings. The Morgan fingerprint density at radius 2 is 0.904 bits per heavy atom. The normalized spacial score (nSPS) is 20.8. The van der Waals surface area contributed by atoms with E-state index in [1.54, 1.807) is 27.9 Å². The van der Waals surface area contributed by atoms with Crippen molar-refractivity contribution in [2.75, 3.05) is 32.9 Å². The van der Waals surface area contributed by atoms with E-state index in [1.165, 1.54) is 28.0 Å². The number of hydrogen-bond donors (Lipinski definition) is 7. The van der Waals surface area contributed by atoms with E-state index in [0.29, 0.717) is 12.8 Å². The minimum Gasteiger partial charge on any atom is -0.399 e. The molecule has 396 valence electrons. The minimum absolute atomic E-state index is 0.0606. The third-order valence-corrected chi connectivity index (χ3v) is 15.0.